The molecule has 0 saturated heterocycles. The van der Waals surface area contributed by atoms with Crippen molar-refractivity contribution in [2.45, 2.75) is 25.7 Å². The zero-order valence-corrected chi connectivity index (χ0v) is 12.9. The Kier molecular flexibility index (Phi) is 4.00. The van der Waals surface area contributed by atoms with Crippen molar-refractivity contribution >= 4 is 45.6 Å². The second-order valence-corrected chi connectivity index (χ2v) is 5.24. The molecule has 0 amide bonds. The summed E-state index contributed by atoms with van der Waals surface area (Å²) in [5.41, 5.74) is 1.54. The third-order valence-electron chi connectivity index (χ3n) is 3.58. The fourth-order valence-electron chi connectivity index (χ4n) is 2.58. The number of para-hydroxylation sites is 2. The number of carbonyl (C=O) groups is 1. The van der Waals surface area contributed by atoms with Gasteiger partial charge in [-0.3, -0.25) is 4.79 Å². The zero-order valence-electron chi connectivity index (χ0n) is 10.7. The van der Waals surface area contributed by atoms with Crippen LogP contribution in [0.2, 0.25) is 0 Å². The molecular formula is C14H13IN2O3. The highest BCUT2D eigenvalue weighted by molar-refractivity contribution is 14.1. The summed E-state index contributed by atoms with van der Waals surface area (Å²) >= 11 is 1.64. The number of oxazole rings is 1. The highest BCUT2D eigenvalue weighted by Gasteiger charge is 2.30. The molecule has 0 radical (unpaired) electrons. The monoisotopic (exact) mass is 384 g/mol. The maximum absolute atomic E-state index is 12.5. The lowest BCUT2D eigenvalue weighted by Gasteiger charge is -2.06. The van der Waals surface area contributed by atoms with Crippen LogP contribution >= 0.6 is 23.0 Å². The van der Waals surface area contributed by atoms with Crippen molar-refractivity contribution in [2.75, 3.05) is 0 Å². The van der Waals surface area contributed by atoms with Crippen molar-refractivity contribution in [1.82, 2.24) is 4.98 Å². The van der Waals surface area contributed by atoms with E-state index in [9.17, 15) is 4.79 Å². The summed E-state index contributed by atoms with van der Waals surface area (Å²) in [7, 11) is 0. The Hall–Kier alpha value is -1.44. The molecule has 0 N–H and O–H groups in total. The van der Waals surface area contributed by atoms with Gasteiger partial charge in [0.1, 0.15) is 5.52 Å². The Morgan fingerprint density at radius 1 is 1.35 bits per heavy atom. The van der Waals surface area contributed by atoms with Crippen LogP contribution < -0.4 is 0 Å². The first-order chi connectivity index (χ1) is 9.79. The van der Waals surface area contributed by atoms with Gasteiger partial charge in [-0.25, -0.2) is 4.98 Å². The quantitative estimate of drug-likeness (QED) is 0.459. The first-order valence-electron chi connectivity index (χ1n) is 6.55. The molecule has 5 nitrogen and oxygen atoms in total. The largest absolute Gasteiger partial charge is 0.435 e. The molecule has 1 saturated carbocycles. The number of Topliss-reactive ketones (excluding diaryl/α,β-unsaturated/α-hetero) is 1. The minimum atomic E-state index is -0.0364. The van der Waals surface area contributed by atoms with Crippen molar-refractivity contribution in [3.63, 3.8) is 0 Å². The van der Waals surface area contributed by atoms with Gasteiger partial charge in [0.05, 0.1) is 0 Å². The van der Waals surface area contributed by atoms with E-state index in [0.717, 1.165) is 25.7 Å². The van der Waals surface area contributed by atoms with Gasteiger partial charge in [-0.2, -0.15) is 0 Å². The molecular weight excluding hydrogens is 371 g/mol. The number of aromatic nitrogens is 1. The lowest BCUT2D eigenvalue weighted by Crippen LogP contribution is -2.23. The summed E-state index contributed by atoms with van der Waals surface area (Å²) in [6.45, 7) is 0. The molecule has 1 aliphatic carbocycles. The highest BCUT2D eigenvalue weighted by Crippen LogP contribution is 2.27. The van der Waals surface area contributed by atoms with Crippen LogP contribution in [0.25, 0.3) is 11.1 Å². The van der Waals surface area contributed by atoms with E-state index in [4.69, 9.17) is 7.58 Å². The van der Waals surface area contributed by atoms with Crippen molar-refractivity contribution in [1.29, 1.82) is 0 Å². The number of nitrogens with zero attached hydrogens (tertiary/aromatic N) is 2. The third-order valence-corrected chi connectivity index (χ3v) is 3.78. The minimum Gasteiger partial charge on any atom is -0.435 e. The third kappa shape index (κ3) is 2.56. The topological polar surface area (TPSA) is 64.7 Å². The molecule has 6 heteroatoms. The van der Waals surface area contributed by atoms with Gasteiger partial charge < -0.3 is 7.58 Å². The summed E-state index contributed by atoms with van der Waals surface area (Å²) < 4.78 is 10.4. The first-order valence-corrected chi connectivity index (χ1v) is 7.43. The van der Waals surface area contributed by atoms with E-state index in [0.29, 0.717) is 11.1 Å². The Morgan fingerprint density at radius 3 is 2.80 bits per heavy atom. The number of ketones is 1. The Labute approximate surface area is 130 Å². The van der Waals surface area contributed by atoms with Gasteiger partial charge >= 0.3 is 0 Å². The zero-order chi connectivity index (χ0) is 13.9. The standard InChI is InChI=1S/C14H13IN2O3/c15-20-17-12(13(18)9-5-1-2-6-9)14-16-10-7-3-4-8-11(10)19-14/h3-4,7-9H,1-2,5-6H2/b17-12+. The molecule has 1 fully saturated rings. The number of rotatable bonds is 4. The van der Waals surface area contributed by atoms with E-state index >= 15 is 0 Å². The van der Waals surface area contributed by atoms with Crippen molar-refractivity contribution in [2.24, 2.45) is 11.1 Å². The van der Waals surface area contributed by atoms with Crippen LogP contribution in [-0.4, -0.2) is 16.5 Å². The van der Waals surface area contributed by atoms with Gasteiger partial charge in [-0.1, -0.05) is 30.1 Å². The Bertz CT molecular complexity index is 626. The summed E-state index contributed by atoms with van der Waals surface area (Å²) in [6, 6.07) is 7.39. The molecule has 0 aliphatic heterocycles. The minimum absolute atomic E-state index is 0.00955. The van der Waals surface area contributed by atoms with Gasteiger partial charge in [-0.05, 0) is 25.0 Å². The molecule has 2 aromatic rings. The van der Waals surface area contributed by atoms with E-state index in [1.807, 2.05) is 24.3 Å². The molecule has 0 bridgehead atoms. The average molecular weight is 384 g/mol. The number of carbonyl (C=O) groups excluding carboxylic acids is 1. The SMILES string of the molecule is O=C(/C(=N\OI)c1nc2ccccc2o1)C1CCCC1. The smallest absolute Gasteiger partial charge is 0.253 e. The lowest BCUT2D eigenvalue weighted by atomic mass is 9.99. The van der Waals surface area contributed by atoms with Crippen LogP contribution in [-0.2, 0) is 7.96 Å². The predicted molar refractivity (Wildman–Crippen MR) is 82.6 cm³/mol. The lowest BCUT2D eigenvalue weighted by molar-refractivity contribution is -0.116. The molecule has 0 atom stereocenters. The number of halogens is 1. The molecule has 0 unspecified atom stereocenters. The average Bonchev–Trinajstić information content (AvgIpc) is 3.12. The summed E-state index contributed by atoms with van der Waals surface area (Å²) in [6.07, 6.45) is 3.98. The van der Waals surface area contributed by atoms with E-state index in [1.165, 1.54) is 0 Å². The van der Waals surface area contributed by atoms with E-state index in [2.05, 4.69) is 10.1 Å². The van der Waals surface area contributed by atoms with Crippen LogP contribution in [0.1, 0.15) is 31.6 Å². The maximum atomic E-state index is 12.5. The summed E-state index contributed by atoms with van der Waals surface area (Å²) in [4.78, 5) is 16.8. The molecule has 0 spiro atoms. The first kappa shape index (κ1) is 13.5. The number of hydrogen-bond donors (Lipinski definition) is 0. The number of hydrogen-bond acceptors (Lipinski definition) is 5. The summed E-state index contributed by atoms with van der Waals surface area (Å²) in [5.74, 6) is 0.209. The molecule has 104 valence electrons. The Balaban J connectivity index is 1.97. The van der Waals surface area contributed by atoms with E-state index in [-0.39, 0.29) is 23.3 Å². The normalized spacial score (nSPS) is 16.8. The summed E-state index contributed by atoms with van der Waals surface area (Å²) in [5, 5.41) is 3.83. The van der Waals surface area contributed by atoms with Crippen LogP contribution in [0.4, 0.5) is 0 Å². The molecule has 1 heterocycles. The van der Waals surface area contributed by atoms with Gasteiger partial charge in [0.25, 0.3) is 5.89 Å². The van der Waals surface area contributed by atoms with Crippen molar-refractivity contribution in [3.8, 4) is 0 Å². The molecule has 20 heavy (non-hydrogen) atoms. The van der Waals surface area contributed by atoms with Crippen LogP contribution in [0.15, 0.2) is 33.8 Å². The van der Waals surface area contributed by atoms with Crippen molar-refractivity contribution < 1.29 is 12.4 Å². The van der Waals surface area contributed by atoms with Gasteiger partial charge in [0.15, 0.2) is 11.4 Å². The predicted octanol–water partition coefficient (Wildman–Crippen LogP) is 3.66. The van der Waals surface area contributed by atoms with Crippen LogP contribution in [0.3, 0.4) is 0 Å². The van der Waals surface area contributed by atoms with Crippen LogP contribution in [0.5, 0.6) is 0 Å². The second kappa shape index (κ2) is 5.90. The molecule has 1 aromatic heterocycles. The maximum Gasteiger partial charge on any atom is 0.253 e. The molecule has 1 aromatic carbocycles. The fraction of sp³-hybridized carbons (Fsp3) is 0.357. The second-order valence-electron chi connectivity index (χ2n) is 4.84. The van der Waals surface area contributed by atoms with Gasteiger partial charge in [-0.15, -0.1) is 0 Å². The van der Waals surface area contributed by atoms with Crippen LogP contribution in [0, 0.1) is 5.92 Å². The van der Waals surface area contributed by atoms with Crippen molar-refractivity contribution in [3.05, 3.63) is 30.2 Å². The number of oxime groups is 1. The van der Waals surface area contributed by atoms with Gasteiger partial charge in [0.2, 0.25) is 28.7 Å². The Morgan fingerprint density at radius 2 is 2.10 bits per heavy atom. The fourth-order valence-corrected chi connectivity index (χ4v) is 2.78. The number of benzene rings is 1. The van der Waals surface area contributed by atoms with E-state index < -0.39 is 0 Å². The number of fused-ring (bicyclic) bond motifs is 1. The van der Waals surface area contributed by atoms with E-state index in [1.54, 1.807) is 23.0 Å². The molecule has 1 aliphatic rings. The highest BCUT2D eigenvalue weighted by atomic mass is 127. The van der Waals surface area contributed by atoms with Gasteiger partial charge in [0, 0.05) is 5.92 Å². The molecule has 3 rings (SSSR count).